The number of nitrogens with one attached hydrogen (secondary N) is 1. The van der Waals surface area contributed by atoms with Crippen LogP contribution < -0.4 is 5.32 Å². The van der Waals surface area contributed by atoms with E-state index in [0.29, 0.717) is 19.3 Å². The number of aromatic nitrogens is 1. The first-order chi connectivity index (χ1) is 18.7. The molecule has 210 valence electrons. The quantitative estimate of drug-likeness (QED) is 0.212. The summed E-state index contributed by atoms with van der Waals surface area (Å²) in [5, 5.41) is 3.07. The Balaban J connectivity index is 1.64. The van der Waals surface area contributed by atoms with Crippen molar-refractivity contribution in [3.05, 3.63) is 88.4 Å². The number of ether oxygens (including phenoxy) is 2. The highest BCUT2D eigenvalue weighted by molar-refractivity contribution is 7.09. The highest BCUT2D eigenvalue weighted by Crippen LogP contribution is 2.25. The van der Waals surface area contributed by atoms with Crippen molar-refractivity contribution in [3.8, 4) is 0 Å². The van der Waals surface area contributed by atoms with Gasteiger partial charge in [-0.25, -0.2) is 4.79 Å². The third-order valence-corrected chi connectivity index (χ3v) is 7.21. The number of thiazole rings is 1. The minimum Gasteiger partial charge on any atom is -0.463 e. The minimum atomic E-state index is -0.445. The van der Waals surface area contributed by atoms with E-state index in [1.54, 1.807) is 11.7 Å². The Hall–Kier alpha value is -3.19. The predicted molar refractivity (Wildman–Crippen MR) is 156 cm³/mol. The smallest absolute Gasteiger partial charge is 0.407 e. The van der Waals surface area contributed by atoms with Gasteiger partial charge in [0.2, 0.25) is 0 Å². The Morgan fingerprint density at radius 1 is 0.949 bits per heavy atom. The van der Waals surface area contributed by atoms with E-state index in [1.807, 2.05) is 43.3 Å². The van der Waals surface area contributed by atoms with Crippen molar-refractivity contribution in [2.45, 2.75) is 85.0 Å². The van der Waals surface area contributed by atoms with Crippen LogP contribution in [0.25, 0.3) is 0 Å². The van der Waals surface area contributed by atoms with Gasteiger partial charge < -0.3 is 14.8 Å². The van der Waals surface area contributed by atoms with Crippen molar-refractivity contribution in [2.24, 2.45) is 11.3 Å². The van der Waals surface area contributed by atoms with Gasteiger partial charge in [-0.05, 0) is 61.5 Å². The van der Waals surface area contributed by atoms with Gasteiger partial charge in [0.15, 0.2) is 0 Å². The number of esters is 1. The third kappa shape index (κ3) is 12.5. The maximum atomic E-state index is 12.9. The highest BCUT2D eigenvalue weighted by Gasteiger charge is 2.23. The van der Waals surface area contributed by atoms with Gasteiger partial charge in [-0.1, -0.05) is 81.4 Å². The van der Waals surface area contributed by atoms with E-state index >= 15 is 0 Å². The number of amides is 1. The topological polar surface area (TPSA) is 77.5 Å². The zero-order chi connectivity index (χ0) is 28.1. The van der Waals surface area contributed by atoms with Gasteiger partial charge >= 0.3 is 12.1 Å². The number of benzene rings is 2. The van der Waals surface area contributed by atoms with Crippen molar-refractivity contribution < 1.29 is 19.1 Å². The van der Waals surface area contributed by atoms with Crippen molar-refractivity contribution in [3.63, 3.8) is 0 Å². The first-order valence-electron chi connectivity index (χ1n) is 13.7. The molecule has 0 radical (unpaired) electrons. The van der Waals surface area contributed by atoms with Gasteiger partial charge in [-0.15, -0.1) is 11.3 Å². The minimum absolute atomic E-state index is 0.0914. The van der Waals surface area contributed by atoms with Crippen LogP contribution in [0.5, 0.6) is 0 Å². The molecule has 0 aliphatic heterocycles. The molecule has 0 aliphatic carbocycles. The number of alkyl carbamates (subject to hydrolysis) is 1. The van der Waals surface area contributed by atoms with E-state index in [4.69, 9.17) is 9.47 Å². The zero-order valence-electron chi connectivity index (χ0n) is 23.6. The predicted octanol–water partition coefficient (Wildman–Crippen LogP) is 7.38. The van der Waals surface area contributed by atoms with Gasteiger partial charge in [0.05, 0.1) is 16.5 Å². The van der Waals surface area contributed by atoms with Crippen molar-refractivity contribution in [2.75, 3.05) is 0 Å². The van der Waals surface area contributed by atoms with E-state index in [-0.39, 0.29) is 36.1 Å². The van der Waals surface area contributed by atoms with Crippen LogP contribution in [0.4, 0.5) is 4.79 Å². The number of carbonyl (C=O) groups excluding carboxylic acids is 2. The van der Waals surface area contributed by atoms with Crippen LogP contribution in [0.15, 0.2) is 72.4 Å². The second kappa shape index (κ2) is 15.4. The maximum absolute atomic E-state index is 12.9. The first-order valence-corrected chi connectivity index (χ1v) is 14.6. The molecule has 7 heteroatoms. The summed E-state index contributed by atoms with van der Waals surface area (Å²) in [5.41, 5.74) is 4.14. The Bertz CT molecular complexity index is 1110. The molecule has 0 bridgehead atoms. The van der Waals surface area contributed by atoms with Crippen molar-refractivity contribution >= 4 is 23.4 Å². The average Bonchev–Trinajstić information content (AvgIpc) is 3.40. The lowest BCUT2D eigenvalue weighted by Crippen LogP contribution is -2.37. The molecule has 0 saturated heterocycles. The van der Waals surface area contributed by atoms with Crippen LogP contribution in [0.3, 0.4) is 0 Å². The average molecular weight is 551 g/mol. The Kier molecular flexibility index (Phi) is 12.0. The fourth-order valence-electron chi connectivity index (χ4n) is 4.86. The highest BCUT2D eigenvalue weighted by atomic mass is 32.1. The number of hydrogen-bond acceptors (Lipinski definition) is 6. The molecular weight excluding hydrogens is 508 g/mol. The van der Waals surface area contributed by atoms with Crippen LogP contribution in [-0.4, -0.2) is 29.2 Å². The molecule has 1 amide bonds. The third-order valence-electron chi connectivity index (χ3n) is 6.45. The van der Waals surface area contributed by atoms with E-state index < -0.39 is 6.09 Å². The number of nitrogens with zero attached hydrogens (tertiary/aromatic N) is 1. The van der Waals surface area contributed by atoms with Crippen LogP contribution in [0.2, 0.25) is 0 Å². The second-order valence-electron chi connectivity index (χ2n) is 11.5. The fourth-order valence-corrected chi connectivity index (χ4v) is 5.36. The van der Waals surface area contributed by atoms with Crippen LogP contribution in [0.1, 0.15) is 69.4 Å². The summed E-state index contributed by atoms with van der Waals surface area (Å²) in [7, 11) is 0. The summed E-state index contributed by atoms with van der Waals surface area (Å²) in [4.78, 5) is 30.5. The Morgan fingerprint density at radius 3 is 2.18 bits per heavy atom. The molecule has 0 saturated carbocycles. The van der Waals surface area contributed by atoms with Crippen LogP contribution >= 0.6 is 11.3 Å². The van der Waals surface area contributed by atoms with Crippen molar-refractivity contribution in [1.29, 1.82) is 0 Å². The number of hydrogen-bond donors (Lipinski definition) is 1. The van der Waals surface area contributed by atoms with E-state index in [1.165, 1.54) is 16.9 Å². The molecule has 3 rings (SSSR count). The summed E-state index contributed by atoms with van der Waals surface area (Å²) >= 11 is 1.45. The van der Waals surface area contributed by atoms with E-state index in [0.717, 1.165) is 29.7 Å². The fraction of sp³-hybridized carbons (Fsp3) is 0.469. The number of rotatable bonds is 14. The molecule has 1 aromatic heterocycles. The molecule has 0 spiro atoms. The largest absolute Gasteiger partial charge is 0.463 e. The lowest BCUT2D eigenvalue weighted by Gasteiger charge is -2.25. The first kappa shape index (κ1) is 30.4. The molecule has 3 aromatic rings. The molecule has 0 fully saturated rings. The summed E-state index contributed by atoms with van der Waals surface area (Å²) in [6, 6.07) is 20.2. The van der Waals surface area contributed by atoms with Gasteiger partial charge in [-0.2, -0.15) is 0 Å². The summed E-state index contributed by atoms with van der Waals surface area (Å²) in [6.45, 7) is 8.62. The molecule has 0 aliphatic rings. The summed E-state index contributed by atoms with van der Waals surface area (Å²) in [5.74, 6) is -0.0701. The number of carbonyl (C=O) groups is 2. The molecular formula is C32H42N2O4S. The van der Waals surface area contributed by atoms with Crippen molar-refractivity contribution in [1.82, 2.24) is 10.3 Å². The molecule has 3 atom stereocenters. The van der Waals surface area contributed by atoms with Crippen LogP contribution in [-0.2, 0) is 33.7 Å². The Morgan fingerprint density at radius 2 is 1.59 bits per heavy atom. The monoisotopic (exact) mass is 550 g/mol. The normalized spacial score (nSPS) is 13.7. The van der Waals surface area contributed by atoms with Gasteiger partial charge in [0, 0.05) is 18.7 Å². The maximum Gasteiger partial charge on any atom is 0.407 e. The molecule has 2 aromatic carbocycles. The second-order valence-corrected chi connectivity index (χ2v) is 12.4. The van der Waals surface area contributed by atoms with Crippen LogP contribution in [0, 0.1) is 11.3 Å². The van der Waals surface area contributed by atoms with E-state index in [9.17, 15) is 9.59 Å². The molecule has 1 heterocycles. The van der Waals surface area contributed by atoms with Gasteiger partial charge in [0.1, 0.15) is 6.61 Å². The summed E-state index contributed by atoms with van der Waals surface area (Å²) < 4.78 is 11.2. The molecule has 1 N–H and O–H groups in total. The SMILES string of the molecule is CC(CC(C)(C)C)OC(=O)C[C@H](CC[C@H](Cc1ccccc1)NC(=O)OCc1cncs1)Cc1ccccc1. The van der Waals surface area contributed by atoms with Gasteiger partial charge in [0.25, 0.3) is 0 Å². The van der Waals surface area contributed by atoms with E-state index in [2.05, 4.69) is 55.3 Å². The Labute approximate surface area is 237 Å². The molecule has 39 heavy (non-hydrogen) atoms. The van der Waals surface area contributed by atoms with Gasteiger partial charge in [-0.3, -0.25) is 9.78 Å². The lowest BCUT2D eigenvalue weighted by molar-refractivity contribution is -0.150. The zero-order valence-corrected chi connectivity index (χ0v) is 24.4. The standard InChI is InChI=1S/C32H42N2O4S/c1-24(20-32(2,3)4)38-30(35)19-27(17-25-11-7-5-8-12-25)15-16-28(18-26-13-9-6-10-14-26)34-31(36)37-22-29-21-33-23-39-29/h5-14,21,23-24,27-28H,15-20,22H2,1-4H3,(H,34,36)/t24?,27-,28-/m1/s1. The summed E-state index contributed by atoms with van der Waals surface area (Å²) in [6.07, 6.45) is 5.23. The molecule has 6 nitrogen and oxygen atoms in total. The molecule has 1 unspecified atom stereocenters. The lowest BCUT2D eigenvalue weighted by atomic mass is 9.88.